The lowest BCUT2D eigenvalue weighted by Crippen LogP contribution is -2.03. The van der Waals surface area contributed by atoms with Crippen LogP contribution in [0.2, 0.25) is 0 Å². The predicted molar refractivity (Wildman–Crippen MR) is 78.1 cm³/mol. The highest BCUT2D eigenvalue weighted by molar-refractivity contribution is 14.1. The fourth-order valence-electron chi connectivity index (χ4n) is 1.45. The first-order valence-electron chi connectivity index (χ1n) is 5.13. The fraction of sp³-hybridized carbons (Fsp3) is 0.167. The van der Waals surface area contributed by atoms with Crippen LogP contribution in [-0.4, -0.2) is 9.97 Å². The van der Waals surface area contributed by atoms with Gasteiger partial charge in [-0.05, 0) is 33.7 Å². The zero-order valence-electron chi connectivity index (χ0n) is 9.03. The molecule has 0 atom stereocenters. The van der Waals surface area contributed by atoms with E-state index in [2.05, 4.69) is 50.0 Å². The van der Waals surface area contributed by atoms with Gasteiger partial charge in [0.2, 0.25) is 0 Å². The zero-order valence-corrected chi connectivity index (χ0v) is 11.9. The van der Waals surface area contributed by atoms with Crippen molar-refractivity contribution in [2.45, 2.75) is 12.4 Å². The second-order valence-corrected chi connectivity index (χ2v) is 4.96. The zero-order chi connectivity index (χ0) is 12.1. The van der Waals surface area contributed by atoms with E-state index in [1.165, 1.54) is 5.56 Å². The summed E-state index contributed by atoms with van der Waals surface area (Å²) in [5, 5.41) is 3.28. The Kier molecular flexibility index (Phi) is 4.56. The van der Waals surface area contributed by atoms with E-state index in [0.717, 1.165) is 21.5 Å². The van der Waals surface area contributed by atoms with Crippen molar-refractivity contribution in [3.05, 3.63) is 51.5 Å². The second-order valence-electron chi connectivity index (χ2n) is 3.53. The van der Waals surface area contributed by atoms with Crippen molar-refractivity contribution >= 4 is 40.0 Å². The molecule has 88 valence electrons. The molecule has 0 spiro atoms. The minimum atomic E-state index is 0.541. The van der Waals surface area contributed by atoms with Gasteiger partial charge in [0.25, 0.3) is 0 Å². The Labute approximate surface area is 119 Å². The lowest BCUT2D eigenvalue weighted by molar-refractivity contribution is 1.07. The summed E-state index contributed by atoms with van der Waals surface area (Å²) in [6, 6.07) is 8.19. The molecule has 0 saturated heterocycles. The highest BCUT2D eigenvalue weighted by Gasteiger charge is 2.00. The van der Waals surface area contributed by atoms with Crippen molar-refractivity contribution in [3.63, 3.8) is 0 Å². The summed E-state index contributed by atoms with van der Waals surface area (Å²) in [7, 11) is 0. The van der Waals surface area contributed by atoms with E-state index in [9.17, 15) is 0 Å². The Hall–Kier alpha value is -0.880. The molecule has 17 heavy (non-hydrogen) atoms. The summed E-state index contributed by atoms with van der Waals surface area (Å²) >= 11 is 8.01. The normalized spacial score (nSPS) is 10.2. The number of alkyl halides is 1. The van der Waals surface area contributed by atoms with Crippen molar-refractivity contribution in [3.8, 4) is 0 Å². The fourth-order valence-corrected chi connectivity index (χ4v) is 2.11. The van der Waals surface area contributed by atoms with Crippen LogP contribution in [0.25, 0.3) is 0 Å². The van der Waals surface area contributed by atoms with Gasteiger partial charge in [0.05, 0.1) is 3.57 Å². The Bertz CT molecular complexity index is 505. The van der Waals surface area contributed by atoms with E-state index >= 15 is 0 Å². The van der Waals surface area contributed by atoms with Crippen LogP contribution in [0, 0.1) is 3.57 Å². The molecule has 2 aromatic rings. The lowest BCUT2D eigenvalue weighted by atomic mass is 10.1. The summed E-state index contributed by atoms with van der Waals surface area (Å²) in [6.45, 7) is 0.734. The molecule has 0 aliphatic heterocycles. The van der Waals surface area contributed by atoms with Crippen molar-refractivity contribution in [1.29, 1.82) is 0 Å². The van der Waals surface area contributed by atoms with Gasteiger partial charge in [-0.25, -0.2) is 9.97 Å². The van der Waals surface area contributed by atoms with Crippen molar-refractivity contribution < 1.29 is 0 Å². The van der Waals surface area contributed by atoms with Gasteiger partial charge in [-0.15, -0.1) is 11.6 Å². The van der Waals surface area contributed by atoms with E-state index in [-0.39, 0.29) is 0 Å². The largest absolute Gasteiger partial charge is 0.365 e. The third kappa shape index (κ3) is 3.54. The van der Waals surface area contributed by atoms with E-state index in [0.29, 0.717) is 5.88 Å². The van der Waals surface area contributed by atoms with Crippen LogP contribution in [0.4, 0.5) is 5.82 Å². The first kappa shape index (κ1) is 12.6. The average molecular weight is 360 g/mol. The summed E-state index contributed by atoms with van der Waals surface area (Å²) in [5.41, 5.74) is 2.32. The number of hydrogen-bond acceptors (Lipinski definition) is 3. The molecule has 0 aliphatic rings. The predicted octanol–water partition coefficient (Wildman–Crippen LogP) is 3.43. The Morgan fingerprint density at radius 1 is 1.29 bits per heavy atom. The smallest absolute Gasteiger partial charge is 0.143 e. The van der Waals surface area contributed by atoms with E-state index in [1.54, 1.807) is 12.5 Å². The molecule has 1 N–H and O–H groups in total. The SMILES string of the molecule is ClCc1cccc(CNc2ncncc2I)c1. The Morgan fingerprint density at radius 3 is 2.88 bits per heavy atom. The molecule has 0 amide bonds. The third-order valence-electron chi connectivity index (χ3n) is 2.27. The van der Waals surface area contributed by atoms with Crippen molar-refractivity contribution in [2.75, 3.05) is 5.32 Å². The summed E-state index contributed by atoms with van der Waals surface area (Å²) in [5.74, 6) is 1.40. The maximum Gasteiger partial charge on any atom is 0.143 e. The van der Waals surface area contributed by atoms with E-state index in [4.69, 9.17) is 11.6 Å². The lowest BCUT2D eigenvalue weighted by Gasteiger charge is -2.07. The van der Waals surface area contributed by atoms with Crippen LogP contribution in [-0.2, 0) is 12.4 Å². The molecular formula is C12H11ClIN3. The van der Waals surface area contributed by atoms with Gasteiger partial charge in [0.15, 0.2) is 0 Å². The molecule has 0 aliphatic carbocycles. The first-order chi connectivity index (χ1) is 8.29. The van der Waals surface area contributed by atoms with Gasteiger partial charge in [-0.1, -0.05) is 24.3 Å². The van der Waals surface area contributed by atoms with Crippen molar-refractivity contribution in [2.24, 2.45) is 0 Å². The quantitative estimate of drug-likeness (QED) is 0.671. The molecule has 0 fully saturated rings. The molecule has 5 heteroatoms. The molecule has 0 radical (unpaired) electrons. The number of nitrogens with one attached hydrogen (secondary N) is 1. The first-order valence-corrected chi connectivity index (χ1v) is 6.74. The number of halogens is 2. The van der Waals surface area contributed by atoms with Crippen LogP contribution in [0.3, 0.4) is 0 Å². The van der Waals surface area contributed by atoms with Gasteiger partial charge in [-0.2, -0.15) is 0 Å². The van der Waals surface area contributed by atoms with Crippen LogP contribution < -0.4 is 5.32 Å². The molecule has 1 aromatic carbocycles. The second kappa shape index (κ2) is 6.16. The van der Waals surface area contributed by atoms with E-state index < -0.39 is 0 Å². The van der Waals surface area contributed by atoms with Crippen LogP contribution in [0.15, 0.2) is 36.8 Å². The molecule has 0 bridgehead atoms. The summed E-state index contributed by atoms with van der Waals surface area (Å²) in [4.78, 5) is 8.13. The molecular weight excluding hydrogens is 349 g/mol. The van der Waals surface area contributed by atoms with Gasteiger partial charge < -0.3 is 5.32 Å². The molecule has 2 rings (SSSR count). The van der Waals surface area contributed by atoms with Gasteiger partial charge in [-0.3, -0.25) is 0 Å². The number of hydrogen-bond donors (Lipinski definition) is 1. The summed E-state index contributed by atoms with van der Waals surface area (Å²) in [6.07, 6.45) is 3.32. The molecule has 1 heterocycles. The average Bonchev–Trinajstić information content (AvgIpc) is 2.38. The number of nitrogens with zero attached hydrogens (tertiary/aromatic N) is 2. The summed E-state index contributed by atoms with van der Waals surface area (Å²) < 4.78 is 1.01. The standard InChI is InChI=1S/C12H11ClIN3/c13-5-9-2-1-3-10(4-9)6-16-12-11(14)7-15-8-17-12/h1-4,7-8H,5-6H2,(H,15,16,17). The minimum Gasteiger partial charge on any atom is -0.365 e. The van der Waals surface area contributed by atoms with Gasteiger partial charge in [0, 0.05) is 18.6 Å². The maximum absolute atomic E-state index is 5.80. The maximum atomic E-state index is 5.80. The van der Waals surface area contributed by atoms with Crippen molar-refractivity contribution in [1.82, 2.24) is 9.97 Å². The van der Waals surface area contributed by atoms with Crippen LogP contribution in [0.5, 0.6) is 0 Å². The molecule has 0 unspecified atom stereocenters. The number of aromatic nitrogens is 2. The number of benzene rings is 1. The monoisotopic (exact) mass is 359 g/mol. The highest BCUT2D eigenvalue weighted by Crippen LogP contribution is 2.14. The van der Waals surface area contributed by atoms with E-state index in [1.807, 2.05) is 12.1 Å². The van der Waals surface area contributed by atoms with Gasteiger partial charge >= 0.3 is 0 Å². The molecule has 3 nitrogen and oxygen atoms in total. The topological polar surface area (TPSA) is 37.8 Å². The van der Waals surface area contributed by atoms with Gasteiger partial charge in [0.1, 0.15) is 12.1 Å². The number of rotatable bonds is 4. The Morgan fingerprint density at radius 2 is 2.12 bits per heavy atom. The minimum absolute atomic E-state index is 0.541. The molecule has 1 aromatic heterocycles. The van der Waals surface area contributed by atoms with Crippen LogP contribution in [0.1, 0.15) is 11.1 Å². The molecule has 0 saturated carbocycles. The Balaban J connectivity index is 2.05. The third-order valence-corrected chi connectivity index (χ3v) is 3.37. The highest BCUT2D eigenvalue weighted by atomic mass is 127. The van der Waals surface area contributed by atoms with Crippen LogP contribution >= 0.6 is 34.2 Å². The number of anilines is 1.